The first-order valence-corrected chi connectivity index (χ1v) is 10.6. The van der Waals surface area contributed by atoms with Crippen molar-refractivity contribution in [3.63, 3.8) is 0 Å². The summed E-state index contributed by atoms with van der Waals surface area (Å²) in [5.74, 6) is 0. The molecule has 0 aliphatic heterocycles. The fraction of sp³-hybridized carbons (Fsp3) is 0.0870. The molecule has 0 saturated heterocycles. The number of amides is 2. The highest BCUT2D eigenvalue weighted by Crippen LogP contribution is 2.31. The molecule has 0 aliphatic rings. The van der Waals surface area contributed by atoms with Gasteiger partial charge in [-0.3, -0.25) is 4.79 Å². The molecule has 4 aromatic rings. The van der Waals surface area contributed by atoms with Crippen molar-refractivity contribution >= 4 is 51.4 Å². The Morgan fingerprint density at radius 1 is 0.941 bits per heavy atom. The lowest BCUT2D eigenvalue weighted by atomic mass is 10.0. The van der Waals surface area contributed by atoms with Gasteiger partial charge < -0.3 is 10.6 Å². The topological polar surface area (TPSA) is 86.9 Å². The van der Waals surface area contributed by atoms with Gasteiger partial charge in [-0.25, -0.2) is 9.89 Å². The van der Waals surface area contributed by atoms with Crippen molar-refractivity contribution in [2.45, 2.75) is 12.6 Å². The average molecular weight is 507 g/mol. The molecule has 3 N–H and O–H groups in total. The van der Waals surface area contributed by atoms with Crippen LogP contribution < -0.4 is 16.2 Å². The van der Waals surface area contributed by atoms with Crippen molar-refractivity contribution in [2.24, 2.45) is 0 Å². The van der Waals surface area contributed by atoms with Crippen LogP contribution in [0.25, 0.3) is 10.8 Å². The number of anilines is 2. The summed E-state index contributed by atoms with van der Waals surface area (Å²) in [5, 5.41) is 13.2. The fourth-order valence-electron chi connectivity index (χ4n) is 3.35. The predicted octanol–water partition coefficient (Wildman–Crippen LogP) is 6.48. The molecule has 34 heavy (non-hydrogen) atoms. The number of nitrogens with one attached hydrogen (secondary N) is 3. The summed E-state index contributed by atoms with van der Waals surface area (Å²) in [6.45, 7) is 0. The molecule has 6 nitrogen and oxygen atoms in total. The van der Waals surface area contributed by atoms with Crippen molar-refractivity contribution in [3.8, 4) is 0 Å². The van der Waals surface area contributed by atoms with E-state index < -0.39 is 23.3 Å². The Labute approximate surface area is 200 Å². The molecule has 0 atom stereocenters. The molecule has 2 amide bonds. The monoisotopic (exact) mass is 506 g/mol. The number of fused-ring (bicyclic) bond motifs is 1. The van der Waals surface area contributed by atoms with Crippen LogP contribution in [-0.4, -0.2) is 16.2 Å². The Morgan fingerprint density at radius 3 is 2.38 bits per heavy atom. The quantitative estimate of drug-likeness (QED) is 0.296. The summed E-state index contributed by atoms with van der Waals surface area (Å²) in [6, 6.07) is 13.2. The average Bonchev–Trinajstić information content (AvgIpc) is 2.77. The minimum atomic E-state index is -4.53. The first kappa shape index (κ1) is 23.6. The van der Waals surface area contributed by atoms with Crippen molar-refractivity contribution in [2.75, 3.05) is 10.6 Å². The summed E-state index contributed by atoms with van der Waals surface area (Å²) in [4.78, 5) is 24.7. The van der Waals surface area contributed by atoms with Crippen molar-refractivity contribution in [1.82, 2.24) is 10.2 Å². The van der Waals surface area contributed by atoms with E-state index in [4.69, 9.17) is 23.2 Å². The molecule has 0 bridgehead atoms. The smallest absolute Gasteiger partial charge is 0.308 e. The van der Waals surface area contributed by atoms with E-state index in [0.717, 1.165) is 17.7 Å². The van der Waals surface area contributed by atoms with Gasteiger partial charge >= 0.3 is 12.2 Å². The van der Waals surface area contributed by atoms with Gasteiger partial charge in [-0.15, -0.1) is 0 Å². The van der Waals surface area contributed by atoms with Crippen LogP contribution in [0.2, 0.25) is 10.0 Å². The minimum Gasteiger partial charge on any atom is -0.308 e. The lowest BCUT2D eigenvalue weighted by molar-refractivity contribution is -0.137. The second-order valence-corrected chi connectivity index (χ2v) is 8.17. The third-order valence-electron chi connectivity index (χ3n) is 4.95. The van der Waals surface area contributed by atoms with Gasteiger partial charge in [-0.1, -0.05) is 41.4 Å². The predicted molar refractivity (Wildman–Crippen MR) is 126 cm³/mol. The normalized spacial score (nSPS) is 11.4. The maximum absolute atomic E-state index is 12.9. The maximum atomic E-state index is 12.9. The van der Waals surface area contributed by atoms with Gasteiger partial charge in [0.1, 0.15) is 0 Å². The van der Waals surface area contributed by atoms with Gasteiger partial charge in [0.15, 0.2) is 0 Å². The number of H-pyrrole nitrogens is 1. The summed E-state index contributed by atoms with van der Waals surface area (Å²) < 4.78 is 38.6. The minimum absolute atomic E-state index is 0.0303. The number of hydrogen-bond acceptors (Lipinski definition) is 3. The van der Waals surface area contributed by atoms with E-state index in [1.54, 1.807) is 30.3 Å². The molecular formula is C23H15Cl2F3N4O2. The molecular weight excluding hydrogens is 492 g/mol. The second kappa shape index (κ2) is 9.36. The molecule has 4 rings (SSSR count). The highest BCUT2D eigenvalue weighted by Gasteiger charge is 2.30. The van der Waals surface area contributed by atoms with Crippen LogP contribution >= 0.6 is 23.2 Å². The van der Waals surface area contributed by atoms with E-state index in [9.17, 15) is 22.8 Å². The standard InChI is InChI=1S/C23H15Cl2F3N4O2/c24-14-5-4-12(19(25)10-14)8-20-17-7-6-16(11-18(17)21(33)32-31-20)30-22(34)29-15-3-1-2-13(9-15)23(26,27)28/h1-7,9-11H,8H2,(H,32,33)(H2,29,30,34). The molecule has 1 heterocycles. The molecule has 0 saturated carbocycles. The van der Waals surface area contributed by atoms with Gasteiger partial charge in [0.25, 0.3) is 5.56 Å². The van der Waals surface area contributed by atoms with Crippen LogP contribution in [0.1, 0.15) is 16.8 Å². The third-order valence-corrected chi connectivity index (χ3v) is 5.53. The maximum Gasteiger partial charge on any atom is 0.416 e. The van der Waals surface area contributed by atoms with Crippen LogP contribution in [0.15, 0.2) is 65.5 Å². The molecule has 1 aromatic heterocycles. The molecule has 174 valence electrons. The van der Waals surface area contributed by atoms with Gasteiger partial charge in [0, 0.05) is 33.2 Å². The van der Waals surface area contributed by atoms with E-state index in [0.29, 0.717) is 27.5 Å². The number of benzene rings is 3. The number of aromatic nitrogens is 2. The fourth-order valence-corrected chi connectivity index (χ4v) is 3.82. The summed E-state index contributed by atoms with van der Waals surface area (Å²) in [7, 11) is 0. The highest BCUT2D eigenvalue weighted by molar-refractivity contribution is 6.35. The second-order valence-electron chi connectivity index (χ2n) is 7.33. The van der Waals surface area contributed by atoms with E-state index >= 15 is 0 Å². The molecule has 0 unspecified atom stereocenters. The zero-order valence-electron chi connectivity index (χ0n) is 17.1. The highest BCUT2D eigenvalue weighted by atomic mass is 35.5. The summed E-state index contributed by atoms with van der Waals surface area (Å²) in [6.07, 6.45) is -4.21. The summed E-state index contributed by atoms with van der Waals surface area (Å²) >= 11 is 12.2. The van der Waals surface area contributed by atoms with Gasteiger partial charge in [0.2, 0.25) is 0 Å². The van der Waals surface area contributed by atoms with Crippen LogP contribution in [0.5, 0.6) is 0 Å². The van der Waals surface area contributed by atoms with Crippen molar-refractivity contribution in [1.29, 1.82) is 0 Å². The molecule has 0 aliphatic carbocycles. The van der Waals surface area contributed by atoms with E-state index in [2.05, 4.69) is 20.8 Å². The number of nitrogens with zero attached hydrogens (tertiary/aromatic N) is 1. The molecule has 3 aromatic carbocycles. The zero-order chi connectivity index (χ0) is 24.5. The Balaban J connectivity index is 1.56. The van der Waals surface area contributed by atoms with Gasteiger partial charge in [-0.2, -0.15) is 18.3 Å². The van der Waals surface area contributed by atoms with Crippen LogP contribution in [-0.2, 0) is 12.6 Å². The summed E-state index contributed by atoms with van der Waals surface area (Å²) in [5.41, 5.74) is 0.195. The number of halogens is 5. The van der Waals surface area contributed by atoms with Crippen molar-refractivity contribution in [3.05, 3.63) is 97.9 Å². The first-order valence-electron chi connectivity index (χ1n) is 9.80. The number of rotatable bonds is 4. The molecule has 0 radical (unpaired) electrons. The number of hydrogen-bond donors (Lipinski definition) is 3. The number of urea groups is 1. The van der Waals surface area contributed by atoms with Crippen LogP contribution in [0.4, 0.5) is 29.3 Å². The van der Waals surface area contributed by atoms with Crippen LogP contribution in [0, 0.1) is 0 Å². The zero-order valence-corrected chi connectivity index (χ0v) is 18.6. The largest absolute Gasteiger partial charge is 0.416 e. The lowest BCUT2D eigenvalue weighted by Crippen LogP contribution is -2.20. The van der Waals surface area contributed by atoms with Gasteiger partial charge in [-0.05, 0) is 48.0 Å². The first-order chi connectivity index (χ1) is 16.1. The Kier molecular flexibility index (Phi) is 6.49. The number of aromatic amines is 1. The number of alkyl halides is 3. The van der Waals surface area contributed by atoms with Crippen molar-refractivity contribution < 1.29 is 18.0 Å². The van der Waals surface area contributed by atoms with E-state index in [1.807, 2.05) is 0 Å². The Bertz CT molecular complexity index is 1450. The van der Waals surface area contributed by atoms with Gasteiger partial charge in [0.05, 0.1) is 16.6 Å². The lowest BCUT2D eigenvalue weighted by Gasteiger charge is -2.12. The van der Waals surface area contributed by atoms with E-state index in [1.165, 1.54) is 18.2 Å². The molecule has 11 heteroatoms. The van der Waals surface area contributed by atoms with E-state index in [-0.39, 0.29) is 16.8 Å². The molecule has 0 spiro atoms. The Hall–Kier alpha value is -3.56. The Morgan fingerprint density at radius 2 is 1.68 bits per heavy atom. The third kappa shape index (κ3) is 5.32. The number of carbonyl (C=O) groups excluding carboxylic acids is 1. The number of carbonyl (C=O) groups is 1. The SMILES string of the molecule is O=C(Nc1cccc(C(F)(F)F)c1)Nc1ccc2c(Cc3ccc(Cl)cc3Cl)n[nH]c(=O)c2c1. The molecule has 0 fully saturated rings. The van der Waals surface area contributed by atoms with Crippen LogP contribution in [0.3, 0.4) is 0 Å².